The van der Waals surface area contributed by atoms with Gasteiger partial charge in [0.25, 0.3) is 0 Å². The summed E-state index contributed by atoms with van der Waals surface area (Å²) >= 11 is 0. The van der Waals surface area contributed by atoms with Crippen molar-refractivity contribution in [3.63, 3.8) is 0 Å². The number of hydrogen-bond acceptors (Lipinski definition) is 5. The van der Waals surface area contributed by atoms with Crippen molar-refractivity contribution in [1.29, 1.82) is 0 Å². The van der Waals surface area contributed by atoms with Crippen LogP contribution in [0.5, 0.6) is 0 Å². The summed E-state index contributed by atoms with van der Waals surface area (Å²) in [7, 11) is 0. The molecule has 1 unspecified atom stereocenters. The lowest BCUT2D eigenvalue weighted by Gasteiger charge is -2.18. The van der Waals surface area contributed by atoms with E-state index in [1.54, 1.807) is 0 Å². The molecular formula is C55H106O5. The van der Waals surface area contributed by atoms with Gasteiger partial charge >= 0.3 is 11.9 Å². The molecule has 5 nitrogen and oxygen atoms in total. The van der Waals surface area contributed by atoms with E-state index in [-0.39, 0.29) is 18.5 Å². The minimum Gasteiger partial charge on any atom is -0.462 e. The molecule has 0 heterocycles. The first-order valence-corrected chi connectivity index (χ1v) is 27.2. The second-order valence-corrected chi connectivity index (χ2v) is 18.5. The quantitative estimate of drug-likeness (QED) is 0.0347. The van der Waals surface area contributed by atoms with Gasteiger partial charge in [-0.05, 0) is 44.9 Å². The highest BCUT2D eigenvalue weighted by Gasteiger charge is 2.17. The number of ether oxygens (including phenoxy) is 3. The van der Waals surface area contributed by atoms with Gasteiger partial charge in [-0.15, -0.1) is 0 Å². The van der Waals surface area contributed by atoms with E-state index in [2.05, 4.69) is 32.9 Å². The highest BCUT2D eigenvalue weighted by Crippen LogP contribution is 2.16. The molecular weight excluding hydrogens is 741 g/mol. The summed E-state index contributed by atoms with van der Waals surface area (Å²) in [6, 6.07) is 0. The summed E-state index contributed by atoms with van der Waals surface area (Å²) in [5.41, 5.74) is 0. The Kier molecular flexibility index (Phi) is 50.8. The molecule has 1 atom stereocenters. The topological polar surface area (TPSA) is 61.8 Å². The Morgan fingerprint density at radius 2 is 0.650 bits per heavy atom. The molecule has 0 N–H and O–H groups in total. The van der Waals surface area contributed by atoms with E-state index in [1.165, 1.54) is 225 Å². The average molecular weight is 847 g/mol. The van der Waals surface area contributed by atoms with E-state index in [4.69, 9.17) is 14.2 Å². The molecule has 0 amide bonds. The number of rotatable bonds is 51. The van der Waals surface area contributed by atoms with Crippen molar-refractivity contribution in [2.45, 2.75) is 309 Å². The largest absolute Gasteiger partial charge is 0.462 e. The fourth-order valence-corrected chi connectivity index (χ4v) is 8.21. The fraction of sp³-hybridized carbons (Fsp3) is 0.927. The van der Waals surface area contributed by atoms with Crippen LogP contribution in [0.4, 0.5) is 0 Å². The minimum absolute atomic E-state index is 0.0916. The Morgan fingerprint density at radius 1 is 0.350 bits per heavy atom. The van der Waals surface area contributed by atoms with Crippen molar-refractivity contribution < 1.29 is 23.8 Å². The van der Waals surface area contributed by atoms with Crippen LogP contribution in [0.3, 0.4) is 0 Å². The Hall–Kier alpha value is -1.36. The first-order valence-electron chi connectivity index (χ1n) is 27.2. The zero-order valence-electron chi connectivity index (χ0n) is 41.0. The maximum Gasteiger partial charge on any atom is 0.306 e. The monoisotopic (exact) mass is 847 g/mol. The molecule has 0 aromatic carbocycles. The maximum absolute atomic E-state index is 12.8. The standard InChI is InChI=1S/C55H106O5/c1-4-7-10-13-16-19-22-25-27-29-32-35-38-41-44-47-50-58-51-53(52-59-54(56)48-45-42-39-36-33-30-24-21-18-15-12-9-6-3)60-55(57)49-46-43-40-37-34-31-28-26-23-20-17-14-11-8-5-2/h26,28,53H,4-25,27,29-52H2,1-3H3/b28-26-. The van der Waals surface area contributed by atoms with Crippen LogP contribution in [0.15, 0.2) is 12.2 Å². The minimum atomic E-state index is -0.530. The van der Waals surface area contributed by atoms with Gasteiger partial charge in [0.2, 0.25) is 0 Å². The third-order valence-electron chi connectivity index (χ3n) is 12.3. The average Bonchev–Trinajstić information content (AvgIpc) is 3.25. The second kappa shape index (κ2) is 52.0. The van der Waals surface area contributed by atoms with Crippen molar-refractivity contribution in [2.24, 2.45) is 0 Å². The Labute approximate surface area is 375 Å². The third kappa shape index (κ3) is 49.3. The van der Waals surface area contributed by atoms with Crippen LogP contribution >= 0.6 is 0 Å². The van der Waals surface area contributed by atoms with Gasteiger partial charge in [0, 0.05) is 19.4 Å². The van der Waals surface area contributed by atoms with Crippen LogP contribution in [0.2, 0.25) is 0 Å². The molecule has 0 saturated carbocycles. The van der Waals surface area contributed by atoms with E-state index in [9.17, 15) is 9.59 Å². The molecule has 0 aliphatic rings. The molecule has 0 fully saturated rings. The summed E-state index contributed by atoms with van der Waals surface area (Å²) in [6.45, 7) is 7.88. The van der Waals surface area contributed by atoms with Gasteiger partial charge in [-0.2, -0.15) is 0 Å². The molecule has 356 valence electrons. The molecule has 5 heteroatoms. The number of unbranched alkanes of at least 4 members (excludes halogenated alkanes) is 38. The van der Waals surface area contributed by atoms with E-state index < -0.39 is 6.10 Å². The second-order valence-electron chi connectivity index (χ2n) is 18.5. The van der Waals surface area contributed by atoms with E-state index in [0.717, 1.165) is 44.9 Å². The summed E-state index contributed by atoms with van der Waals surface area (Å²) in [5.74, 6) is -0.384. The normalized spacial score (nSPS) is 12.1. The molecule has 0 bridgehead atoms. The van der Waals surface area contributed by atoms with Crippen LogP contribution in [0.1, 0.15) is 303 Å². The fourth-order valence-electron chi connectivity index (χ4n) is 8.21. The number of carbonyl (C=O) groups is 2. The lowest BCUT2D eigenvalue weighted by molar-refractivity contribution is -0.163. The van der Waals surface area contributed by atoms with Gasteiger partial charge in [0.05, 0.1) is 6.61 Å². The summed E-state index contributed by atoms with van der Waals surface area (Å²) < 4.78 is 17.4. The van der Waals surface area contributed by atoms with Crippen molar-refractivity contribution >= 4 is 11.9 Å². The van der Waals surface area contributed by atoms with Gasteiger partial charge in [-0.25, -0.2) is 0 Å². The predicted molar refractivity (Wildman–Crippen MR) is 261 cm³/mol. The van der Waals surface area contributed by atoms with E-state index >= 15 is 0 Å². The Balaban J connectivity index is 4.21. The van der Waals surface area contributed by atoms with Gasteiger partial charge in [-0.1, -0.05) is 258 Å². The molecule has 0 radical (unpaired) electrons. The molecule has 0 rings (SSSR count). The molecule has 0 spiro atoms. The molecule has 0 aliphatic heterocycles. The maximum atomic E-state index is 12.8. The SMILES string of the molecule is CCCCCCCC/C=C\CCCCCCCC(=O)OC(COCCCCCCCCCCCCCCCCCC)COC(=O)CCCCCCCCCCCCCCC. The molecule has 0 aromatic rings. The predicted octanol–water partition coefficient (Wildman–Crippen LogP) is 18.2. The van der Waals surface area contributed by atoms with Crippen molar-refractivity contribution in [1.82, 2.24) is 0 Å². The van der Waals surface area contributed by atoms with E-state index in [1.807, 2.05) is 0 Å². The summed E-state index contributed by atoms with van der Waals surface area (Å²) in [5, 5.41) is 0. The first-order chi connectivity index (χ1) is 29.6. The highest BCUT2D eigenvalue weighted by atomic mass is 16.6. The van der Waals surface area contributed by atoms with Gasteiger partial charge in [-0.3, -0.25) is 9.59 Å². The van der Waals surface area contributed by atoms with Crippen LogP contribution in [0.25, 0.3) is 0 Å². The molecule has 0 aromatic heterocycles. The number of allylic oxidation sites excluding steroid dienone is 2. The van der Waals surface area contributed by atoms with Crippen LogP contribution in [0, 0.1) is 0 Å². The highest BCUT2D eigenvalue weighted by molar-refractivity contribution is 5.70. The van der Waals surface area contributed by atoms with Crippen molar-refractivity contribution in [3.05, 3.63) is 12.2 Å². The van der Waals surface area contributed by atoms with Crippen LogP contribution in [-0.2, 0) is 23.8 Å². The Bertz CT molecular complexity index is 871. The smallest absolute Gasteiger partial charge is 0.306 e. The van der Waals surface area contributed by atoms with Gasteiger partial charge in [0.15, 0.2) is 6.10 Å². The van der Waals surface area contributed by atoms with Gasteiger partial charge in [0.1, 0.15) is 6.61 Å². The zero-order chi connectivity index (χ0) is 43.5. The number of esters is 2. The van der Waals surface area contributed by atoms with Crippen LogP contribution in [-0.4, -0.2) is 37.9 Å². The number of carbonyl (C=O) groups excluding carboxylic acids is 2. The summed E-state index contributed by atoms with van der Waals surface area (Å²) in [6.07, 6.45) is 59.3. The Morgan fingerprint density at radius 3 is 1.02 bits per heavy atom. The molecule has 0 saturated heterocycles. The first kappa shape index (κ1) is 58.6. The molecule has 60 heavy (non-hydrogen) atoms. The lowest BCUT2D eigenvalue weighted by Crippen LogP contribution is -2.30. The van der Waals surface area contributed by atoms with Crippen molar-refractivity contribution in [2.75, 3.05) is 19.8 Å². The summed E-state index contributed by atoms with van der Waals surface area (Å²) in [4.78, 5) is 25.4. The van der Waals surface area contributed by atoms with Crippen molar-refractivity contribution in [3.8, 4) is 0 Å². The van der Waals surface area contributed by atoms with E-state index in [0.29, 0.717) is 26.1 Å². The zero-order valence-corrected chi connectivity index (χ0v) is 41.0. The molecule has 0 aliphatic carbocycles. The third-order valence-corrected chi connectivity index (χ3v) is 12.3. The van der Waals surface area contributed by atoms with Gasteiger partial charge < -0.3 is 14.2 Å². The van der Waals surface area contributed by atoms with Crippen LogP contribution < -0.4 is 0 Å². The number of hydrogen-bond donors (Lipinski definition) is 0. The lowest BCUT2D eigenvalue weighted by atomic mass is 10.0.